The smallest absolute Gasteiger partial charge is 0.125 e. The summed E-state index contributed by atoms with van der Waals surface area (Å²) in [6.07, 6.45) is 0. The summed E-state index contributed by atoms with van der Waals surface area (Å²) in [5, 5.41) is 8.80. The average molecular weight is 267 g/mol. The molecule has 2 aromatic carbocycles. The maximum atomic E-state index is 8.80. The van der Waals surface area contributed by atoms with Gasteiger partial charge < -0.3 is 15.4 Å². The fourth-order valence-electron chi connectivity index (χ4n) is 2.03. The highest BCUT2D eigenvalue weighted by atomic mass is 16.5. The number of hydrogen-bond acceptors (Lipinski definition) is 4. The second kappa shape index (κ2) is 5.98. The first-order valence-electron chi connectivity index (χ1n) is 6.27. The first-order valence-corrected chi connectivity index (χ1v) is 6.27. The van der Waals surface area contributed by atoms with E-state index >= 15 is 0 Å². The molecule has 0 saturated carbocycles. The van der Waals surface area contributed by atoms with Gasteiger partial charge in [0.05, 0.1) is 18.7 Å². The van der Waals surface area contributed by atoms with E-state index < -0.39 is 0 Å². The fraction of sp³-hybridized carbons (Fsp3) is 0.188. The van der Waals surface area contributed by atoms with Gasteiger partial charge in [0.1, 0.15) is 5.75 Å². The molecule has 0 saturated heterocycles. The lowest BCUT2D eigenvalue weighted by atomic mass is 10.1. The van der Waals surface area contributed by atoms with Crippen molar-refractivity contribution >= 4 is 11.4 Å². The molecule has 0 bridgehead atoms. The Morgan fingerprint density at radius 3 is 2.50 bits per heavy atom. The number of nitrogens with two attached hydrogens (primary N) is 1. The molecule has 0 fully saturated rings. The van der Waals surface area contributed by atoms with Crippen molar-refractivity contribution in [3.63, 3.8) is 0 Å². The summed E-state index contributed by atoms with van der Waals surface area (Å²) in [5.41, 5.74) is 9.21. The number of rotatable bonds is 4. The van der Waals surface area contributed by atoms with Crippen LogP contribution >= 0.6 is 0 Å². The number of methoxy groups -OCH3 is 1. The molecule has 0 aromatic heterocycles. The summed E-state index contributed by atoms with van der Waals surface area (Å²) < 4.78 is 5.35. The van der Waals surface area contributed by atoms with Gasteiger partial charge in [0.25, 0.3) is 0 Å². The minimum absolute atomic E-state index is 0.659. The van der Waals surface area contributed by atoms with Gasteiger partial charge in [0.15, 0.2) is 0 Å². The van der Waals surface area contributed by atoms with Crippen LogP contribution in [-0.2, 0) is 6.54 Å². The number of anilines is 2. The molecule has 102 valence electrons. The Hall–Kier alpha value is -2.67. The van der Waals surface area contributed by atoms with Crippen molar-refractivity contribution in [2.45, 2.75) is 6.54 Å². The third-order valence-corrected chi connectivity index (χ3v) is 3.16. The standard InChI is InChI=1S/C16H17N3O/c1-19(15-7-3-12(10-17)4-8-15)11-13-5-6-14(18)9-16(13)20-2/h3-9H,11,18H2,1-2H3. The third-order valence-electron chi connectivity index (χ3n) is 3.16. The molecule has 0 radical (unpaired) electrons. The predicted molar refractivity (Wildman–Crippen MR) is 80.7 cm³/mol. The zero-order chi connectivity index (χ0) is 14.5. The molecular weight excluding hydrogens is 250 g/mol. The molecule has 0 heterocycles. The SMILES string of the molecule is COc1cc(N)ccc1CN(C)c1ccc(C#N)cc1. The number of benzene rings is 2. The van der Waals surface area contributed by atoms with E-state index in [9.17, 15) is 0 Å². The van der Waals surface area contributed by atoms with Gasteiger partial charge in [-0.3, -0.25) is 0 Å². The number of nitrogen functional groups attached to an aromatic ring is 1. The van der Waals surface area contributed by atoms with E-state index in [0.717, 1.165) is 17.0 Å². The summed E-state index contributed by atoms with van der Waals surface area (Å²) >= 11 is 0. The van der Waals surface area contributed by atoms with Crippen molar-refractivity contribution in [3.05, 3.63) is 53.6 Å². The lowest BCUT2D eigenvalue weighted by Gasteiger charge is -2.21. The van der Waals surface area contributed by atoms with E-state index in [4.69, 9.17) is 15.7 Å². The molecule has 0 aliphatic carbocycles. The van der Waals surface area contributed by atoms with Crippen LogP contribution in [0.15, 0.2) is 42.5 Å². The van der Waals surface area contributed by atoms with Crippen molar-refractivity contribution in [3.8, 4) is 11.8 Å². The summed E-state index contributed by atoms with van der Waals surface area (Å²) in [6, 6.07) is 15.3. The van der Waals surface area contributed by atoms with E-state index in [1.165, 1.54) is 0 Å². The number of nitriles is 1. The average Bonchev–Trinajstić information content (AvgIpc) is 2.49. The Morgan fingerprint density at radius 2 is 1.90 bits per heavy atom. The molecule has 4 heteroatoms. The van der Waals surface area contributed by atoms with Crippen LogP contribution in [0.3, 0.4) is 0 Å². The van der Waals surface area contributed by atoms with Crippen LogP contribution < -0.4 is 15.4 Å². The van der Waals surface area contributed by atoms with Crippen LogP contribution in [-0.4, -0.2) is 14.2 Å². The van der Waals surface area contributed by atoms with E-state index in [2.05, 4.69) is 11.0 Å². The van der Waals surface area contributed by atoms with Crippen molar-refractivity contribution < 1.29 is 4.74 Å². The van der Waals surface area contributed by atoms with Gasteiger partial charge in [-0.2, -0.15) is 5.26 Å². The van der Waals surface area contributed by atoms with Crippen LogP contribution in [0, 0.1) is 11.3 Å². The molecule has 4 nitrogen and oxygen atoms in total. The van der Waals surface area contributed by atoms with Crippen LogP contribution in [0.25, 0.3) is 0 Å². The Labute approximate surface area is 119 Å². The fourth-order valence-corrected chi connectivity index (χ4v) is 2.03. The van der Waals surface area contributed by atoms with Gasteiger partial charge >= 0.3 is 0 Å². The summed E-state index contributed by atoms with van der Waals surface area (Å²) in [4.78, 5) is 2.09. The Kier molecular flexibility index (Phi) is 4.11. The van der Waals surface area contributed by atoms with Gasteiger partial charge in [0.2, 0.25) is 0 Å². The van der Waals surface area contributed by atoms with E-state index in [-0.39, 0.29) is 0 Å². The van der Waals surface area contributed by atoms with Crippen LogP contribution in [0.4, 0.5) is 11.4 Å². The topological polar surface area (TPSA) is 62.3 Å². The molecule has 0 spiro atoms. The highest BCUT2D eigenvalue weighted by Gasteiger charge is 2.07. The van der Waals surface area contributed by atoms with Crippen molar-refractivity contribution in [2.24, 2.45) is 0 Å². The Bertz CT molecular complexity index is 629. The second-order valence-corrected chi connectivity index (χ2v) is 4.59. The van der Waals surface area contributed by atoms with E-state index in [0.29, 0.717) is 17.8 Å². The first-order chi connectivity index (χ1) is 9.63. The van der Waals surface area contributed by atoms with Gasteiger partial charge in [-0.05, 0) is 30.3 Å². The molecule has 2 N–H and O–H groups in total. The highest BCUT2D eigenvalue weighted by Crippen LogP contribution is 2.24. The lowest BCUT2D eigenvalue weighted by Crippen LogP contribution is -2.16. The van der Waals surface area contributed by atoms with Crippen LogP contribution in [0.5, 0.6) is 5.75 Å². The minimum Gasteiger partial charge on any atom is -0.496 e. The zero-order valence-electron chi connectivity index (χ0n) is 11.6. The molecule has 20 heavy (non-hydrogen) atoms. The van der Waals surface area contributed by atoms with Crippen molar-refractivity contribution in [1.29, 1.82) is 5.26 Å². The Morgan fingerprint density at radius 1 is 1.20 bits per heavy atom. The van der Waals surface area contributed by atoms with Crippen LogP contribution in [0.2, 0.25) is 0 Å². The quantitative estimate of drug-likeness (QED) is 0.865. The predicted octanol–water partition coefficient (Wildman–Crippen LogP) is 2.79. The maximum absolute atomic E-state index is 8.80. The largest absolute Gasteiger partial charge is 0.496 e. The molecule has 0 unspecified atom stereocenters. The maximum Gasteiger partial charge on any atom is 0.125 e. The van der Waals surface area contributed by atoms with E-state index in [1.807, 2.05) is 49.5 Å². The van der Waals surface area contributed by atoms with Gasteiger partial charge in [-0.1, -0.05) is 6.07 Å². The van der Waals surface area contributed by atoms with Gasteiger partial charge in [0, 0.05) is 36.6 Å². The molecule has 0 aliphatic rings. The monoisotopic (exact) mass is 267 g/mol. The zero-order valence-corrected chi connectivity index (χ0v) is 11.6. The summed E-state index contributed by atoms with van der Waals surface area (Å²) in [6.45, 7) is 0.704. The highest BCUT2D eigenvalue weighted by molar-refractivity contribution is 5.53. The second-order valence-electron chi connectivity index (χ2n) is 4.59. The van der Waals surface area contributed by atoms with Crippen molar-refractivity contribution in [2.75, 3.05) is 24.8 Å². The summed E-state index contributed by atoms with van der Waals surface area (Å²) in [5.74, 6) is 0.783. The number of hydrogen-bond donors (Lipinski definition) is 1. The van der Waals surface area contributed by atoms with Gasteiger partial charge in [-0.25, -0.2) is 0 Å². The normalized spacial score (nSPS) is 9.85. The number of ether oxygens (including phenoxy) is 1. The van der Waals surface area contributed by atoms with Gasteiger partial charge in [-0.15, -0.1) is 0 Å². The third kappa shape index (κ3) is 3.01. The lowest BCUT2D eigenvalue weighted by molar-refractivity contribution is 0.410. The molecule has 2 aromatic rings. The van der Waals surface area contributed by atoms with Crippen molar-refractivity contribution in [1.82, 2.24) is 0 Å². The number of nitrogens with zero attached hydrogens (tertiary/aromatic N) is 2. The molecule has 0 aliphatic heterocycles. The van der Waals surface area contributed by atoms with Crippen LogP contribution in [0.1, 0.15) is 11.1 Å². The molecule has 0 amide bonds. The first kappa shape index (κ1) is 13.8. The van der Waals surface area contributed by atoms with E-state index in [1.54, 1.807) is 7.11 Å². The molecule has 0 atom stereocenters. The Balaban J connectivity index is 2.18. The molecule has 2 rings (SSSR count). The molecular formula is C16H17N3O. The minimum atomic E-state index is 0.659. The summed E-state index contributed by atoms with van der Waals surface area (Å²) in [7, 11) is 3.64.